The summed E-state index contributed by atoms with van der Waals surface area (Å²) in [5.74, 6) is 2.00. The number of benzene rings is 2. The highest BCUT2D eigenvalue weighted by Gasteiger charge is 2.14. The number of aromatic nitrogens is 3. The minimum absolute atomic E-state index is 0.124. The third-order valence-corrected chi connectivity index (χ3v) is 5.63. The Morgan fingerprint density at radius 1 is 1.12 bits per heavy atom. The fourth-order valence-electron chi connectivity index (χ4n) is 2.81. The lowest BCUT2D eigenvalue weighted by atomic mass is 10.2. The highest BCUT2D eigenvalue weighted by Crippen LogP contribution is 2.37. The lowest BCUT2D eigenvalue weighted by molar-refractivity contribution is -0.118. The summed E-state index contributed by atoms with van der Waals surface area (Å²) < 4.78 is 17.7. The van der Waals surface area contributed by atoms with Crippen LogP contribution in [0.4, 0.5) is 0 Å². The molecule has 0 aliphatic carbocycles. The van der Waals surface area contributed by atoms with Crippen molar-refractivity contribution in [3.63, 3.8) is 0 Å². The van der Waals surface area contributed by atoms with Gasteiger partial charge in [0.2, 0.25) is 5.75 Å². The van der Waals surface area contributed by atoms with Crippen molar-refractivity contribution in [2.45, 2.75) is 5.16 Å². The lowest BCUT2D eigenvalue weighted by Crippen LogP contribution is -2.19. The quantitative estimate of drug-likeness (QED) is 0.287. The summed E-state index contributed by atoms with van der Waals surface area (Å²) in [6.07, 6.45) is 1.49. The first-order valence-corrected chi connectivity index (χ1v) is 10.7. The molecule has 1 heterocycles. The van der Waals surface area contributed by atoms with E-state index in [2.05, 4.69) is 20.7 Å². The van der Waals surface area contributed by atoms with E-state index in [4.69, 9.17) is 25.8 Å². The number of carbonyl (C=O) groups excluding carboxylic acids is 1. The molecule has 1 aromatic heterocycles. The molecular weight excluding hydrogens is 454 g/mol. The molecule has 1 N–H and O–H groups in total. The number of hydrazone groups is 1. The molecule has 2 aromatic carbocycles. The van der Waals surface area contributed by atoms with Crippen LogP contribution in [-0.4, -0.2) is 54.0 Å². The summed E-state index contributed by atoms with van der Waals surface area (Å²) in [7, 11) is 6.43. The fraction of sp³-hybridized carbons (Fsp3) is 0.238. The van der Waals surface area contributed by atoms with Gasteiger partial charge in [-0.15, -0.1) is 10.2 Å². The topological polar surface area (TPSA) is 99.9 Å². The zero-order valence-corrected chi connectivity index (χ0v) is 19.5. The third-order valence-electron chi connectivity index (χ3n) is 4.36. The van der Waals surface area contributed by atoms with E-state index in [-0.39, 0.29) is 11.7 Å². The second-order valence-electron chi connectivity index (χ2n) is 6.41. The zero-order chi connectivity index (χ0) is 23.1. The van der Waals surface area contributed by atoms with E-state index in [9.17, 15) is 4.79 Å². The molecule has 0 radical (unpaired) electrons. The van der Waals surface area contributed by atoms with E-state index in [1.165, 1.54) is 39.3 Å². The van der Waals surface area contributed by atoms with Crippen LogP contribution in [0.15, 0.2) is 46.7 Å². The van der Waals surface area contributed by atoms with Crippen molar-refractivity contribution < 1.29 is 19.0 Å². The van der Waals surface area contributed by atoms with Crippen LogP contribution in [0.1, 0.15) is 5.56 Å². The predicted molar refractivity (Wildman–Crippen MR) is 124 cm³/mol. The number of rotatable bonds is 9. The van der Waals surface area contributed by atoms with Gasteiger partial charge in [0.05, 0.1) is 33.3 Å². The van der Waals surface area contributed by atoms with Gasteiger partial charge in [0.25, 0.3) is 5.91 Å². The second-order valence-corrected chi connectivity index (χ2v) is 7.79. The Kier molecular flexibility index (Phi) is 7.96. The summed E-state index contributed by atoms with van der Waals surface area (Å²) in [6.45, 7) is 0. The predicted octanol–water partition coefficient (Wildman–Crippen LogP) is 3.40. The van der Waals surface area contributed by atoms with E-state index >= 15 is 0 Å². The maximum absolute atomic E-state index is 12.2. The van der Waals surface area contributed by atoms with Crippen LogP contribution < -0.4 is 19.6 Å². The van der Waals surface area contributed by atoms with E-state index in [1.807, 2.05) is 23.7 Å². The van der Waals surface area contributed by atoms with Crippen molar-refractivity contribution >= 4 is 35.5 Å². The van der Waals surface area contributed by atoms with Gasteiger partial charge in [0.15, 0.2) is 22.5 Å². The van der Waals surface area contributed by atoms with E-state index in [1.54, 1.807) is 24.3 Å². The minimum Gasteiger partial charge on any atom is -0.493 e. The maximum atomic E-state index is 12.2. The number of carbonyl (C=O) groups is 1. The standard InChI is InChI=1S/C21H22ClN5O4S/c1-27-20(14-5-7-15(22)8-6-14)25-26-21(27)32-12-18(28)24-23-11-13-9-16(29-2)19(31-4)17(10-13)30-3/h5-11H,12H2,1-4H3,(H,24,28)/b23-11+. The van der Waals surface area contributed by atoms with Gasteiger partial charge in [0.1, 0.15) is 0 Å². The normalized spacial score (nSPS) is 10.9. The Morgan fingerprint density at radius 2 is 1.78 bits per heavy atom. The van der Waals surface area contributed by atoms with Crippen molar-refractivity contribution in [1.29, 1.82) is 0 Å². The molecule has 3 rings (SSSR count). The number of halogens is 1. The number of hydrogen-bond acceptors (Lipinski definition) is 8. The summed E-state index contributed by atoms with van der Waals surface area (Å²) in [6, 6.07) is 10.8. The van der Waals surface area contributed by atoms with E-state index in [0.717, 1.165) is 5.56 Å². The summed E-state index contributed by atoms with van der Waals surface area (Å²) in [5, 5.41) is 13.6. The van der Waals surface area contributed by atoms with Crippen molar-refractivity contribution in [3.05, 3.63) is 47.0 Å². The zero-order valence-electron chi connectivity index (χ0n) is 18.0. The van der Waals surface area contributed by atoms with Crippen LogP contribution in [0.25, 0.3) is 11.4 Å². The molecule has 0 atom stereocenters. The molecule has 1 amide bonds. The van der Waals surface area contributed by atoms with Gasteiger partial charge >= 0.3 is 0 Å². The number of methoxy groups -OCH3 is 3. The first-order valence-electron chi connectivity index (χ1n) is 9.36. The number of hydrogen-bond donors (Lipinski definition) is 1. The summed E-state index contributed by atoms with van der Waals surface area (Å²) in [5.41, 5.74) is 4.05. The second kappa shape index (κ2) is 10.9. The van der Waals surface area contributed by atoms with Gasteiger partial charge in [-0.2, -0.15) is 5.10 Å². The lowest BCUT2D eigenvalue weighted by Gasteiger charge is -2.12. The highest BCUT2D eigenvalue weighted by molar-refractivity contribution is 7.99. The number of ether oxygens (including phenoxy) is 3. The summed E-state index contributed by atoms with van der Waals surface area (Å²) in [4.78, 5) is 12.2. The molecule has 0 unspecified atom stereocenters. The Hall–Kier alpha value is -3.24. The molecule has 0 fully saturated rings. The summed E-state index contributed by atoms with van der Waals surface area (Å²) >= 11 is 7.19. The third kappa shape index (κ3) is 5.51. The Labute approximate surface area is 194 Å². The first-order chi connectivity index (χ1) is 15.5. The van der Waals surface area contributed by atoms with Crippen LogP contribution in [-0.2, 0) is 11.8 Å². The fourth-order valence-corrected chi connectivity index (χ4v) is 3.64. The number of nitrogens with zero attached hydrogens (tertiary/aromatic N) is 4. The number of thioether (sulfide) groups is 1. The molecule has 11 heteroatoms. The molecule has 0 aliphatic heterocycles. The average molecular weight is 476 g/mol. The monoisotopic (exact) mass is 475 g/mol. The Morgan fingerprint density at radius 3 is 2.38 bits per heavy atom. The van der Waals surface area contributed by atoms with Crippen LogP contribution in [0.5, 0.6) is 17.2 Å². The SMILES string of the molecule is COc1cc(/C=N/NC(=O)CSc2nnc(-c3ccc(Cl)cc3)n2C)cc(OC)c1OC. The minimum atomic E-state index is -0.283. The van der Waals surface area contributed by atoms with Gasteiger partial charge in [0, 0.05) is 23.2 Å². The van der Waals surface area contributed by atoms with Gasteiger partial charge in [-0.3, -0.25) is 4.79 Å². The van der Waals surface area contributed by atoms with Crippen LogP contribution in [0.3, 0.4) is 0 Å². The van der Waals surface area contributed by atoms with Crippen molar-refractivity contribution in [2.24, 2.45) is 12.1 Å². The van der Waals surface area contributed by atoms with Crippen molar-refractivity contribution in [2.75, 3.05) is 27.1 Å². The molecular formula is C21H22ClN5O4S. The molecule has 9 nitrogen and oxygen atoms in total. The van der Waals surface area contributed by atoms with Crippen LogP contribution >= 0.6 is 23.4 Å². The molecule has 3 aromatic rings. The van der Waals surface area contributed by atoms with Crippen LogP contribution in [0.2, 0.25) is 5.02 Å². The van der Waals surface area contributed by atoms with E-state index < -0.39 is 0 Å². The van der Waals surface area contributed by atoms with Crippen molar-refractivity contribution in [1.82, 2.24) is 20.2 Å². The van der Waals surface area contributed by atoms with Gasteiger partial charge < -0.3 is 18.8 Å². The van der Waals surface area contributed by atoms with Gasteiger partial charge in [-0.25, -0.2) is 5.43 Å². The number of nitrogens with one attached hydrogen (secondary N) is 1. The molecule has 0 bridgehead atoms. The molecule has 0 saturated heterocycles. The maximum Gasteiger partial charge on any atom is 0.250 e. The Bertz CT molecular complexity index is 1090. The smallest absolute Gasteiger partial charge is 0.250 e. The van der Waals surface area contributed by atoms with Gasteiger partial charge in [-0.05, 0) is 36.4 Å². The molecule has 32 heavy (non-hydrogen) atoms. The van der Waals surface area contributed by atoms with E-state index in [0.29, 0.717) is 38.8 Å². The average Bonchev–Trinajstić information content (AvgIpc) is 3.17. The Balaban J connectivity index is 1.59. The molecule has 168 valence electrons. The molecule has 0 saturated carbocycles. The molecule has 0 aliphatic rings. The number of amides is 1. The molecule has 0 spiro atoms. The van der Waals surface area contributed by atoms with Crippen LogP contribution in [0, 0.1) is 0 Å². The first kappa shape index (κ1) is 23.4. The van der Waals surface area contributed by atoms with Gasteiger partial charge in [-0.1, -0.05) is 23.4 Å². The largest absolute Gasteiger partial charge is 0.493 e. The highest BCUT2D eigenvalue weighted by atomic mass is 35.5. The van der Waals surface area contributed by atoms with Crippen molar-refractivity contribution in [3.8, 4) is 28.6 Å².